The van der Waals surface area contributed by atoms with Crippen molar-refractivity contribution in [1.82, 2.24) is 4.90 Å². The van der Waals surface area contributed by atoms with Gasteiger partial charge in [-0.3, -0.25) is 29.4 Å². The summed E-state index contributed by atoms with van der Waals surface area (Å²) in [6, 6.07) is 10.8. The molecule has 154 valence electrons. The highest BCUT2D eigenvalue weighted by atomic mass is 16.6. The number of ether oxygens (including phenoxy) is 1. The second-order valence-corrected chi connectivity index (χ2v) is 6.55. The number of nitro benzene ring substituents is 1. The van der Waals surface area contributed by atoms with E-state index in [1.165, 1.54) is 26.0 Å². The van der Waals surface area contributed by atoms with Crippen molar-refractivity contribution in [2.75, 3.05) is 5.32 Å². The molecule has 0 radical (unpaired) electrons. The van der Waals surface area contributed by atoms with Crippen LogP contribution >= 0.6 is 0 Å². The van der Waals surface area contributed by atoms with Crippen molar-refractivity contribution >= 4 is 35.1 Å². The molecule has 1 aliphatic rings. The second-order valence-electron chi connectivity index (χ2n) is 6.55. The molecule has 1 N–H and O–H groups in total. The number of hydrogen-bond donors (Lipinski definition) is 1. The molecule has 10 nitrogen and oxygen atoms in total. The standard InChI is InChI=1S/C20H17N3O7/c1-11(20(27)30-12(2)17(24)21-13-7-4-3-5-8-13)22-18(25)14-9-6-10-15(23(28)29)16(14)19(22)26/h3-12H,1-2H3,(H,21,24)/t11-,12-/m0/s1. The third-order valence-corrected chi connectivity index (χ3v) is 4.55. The summed E-state index contributed by atoms with van der Waals surface area (Å²) >= 11 is 0. The quantitative estimate of drug-likeness (QED) is 0.333. The van der Waals surface area contributed by atoms with E-state index in [-0.39, 0.29) is 11.1 Å². The summed E-state index contributed by atoms with van der Waals surface area (Å²) in [7, 11) is 0. The summed E-state index contributed by atoms with van der Waals surface area (Å²) in [5.74, 6) is -3.40. The minimum absolute atomic E-state index is 0.163. The number of amides is 3. The van der Waals surface area contributed by atoms with Crippen LogP contribution in [0, 0.1) is 10.1 Å². The Labute approximate surface area is 170 Å². The van der Waals surface area contributed by atoms with Crippen LogP contribution < -0.4 is 5.32 Å². The highest BCUT2D eigenvalue weighted by Gasteiger charge is 2.45. The fourth-order valence-electron chi connectivity index (χ4n) is 2.99. The Morgan fingerprint density at radius 1 is 1.03 bits per heavy atom. The molecule has 3 amide bonds. The van der Waals surface area contributed by atoms with E-state index in [0.29, 0.717) is 10.6 Å². The van der Waals surface area contributed by atoms with Crippen molar-refractivity contribution in [3.8, 4) is 0 Å². The van der Waals surface area contributed by atoms with Gasteiger partial charge in [0.25, 0.3) is 23.4 Å². The molecule has 2 aromatic carbocycles. The molecule has 0 aliphatic carbocycles. The summed E-state index contributed by atoms with van der Waals surface area (Å²) in [6.07, 6.45) is -1.20. The van der Waals surface area contributed by atoms with Gasteiger partial charge in [-0.15, -0.1) is 0 Å². The largest absolute Gasteiger partial charge is 0.451 e. The van der Waals surface area contributed by atoms with Crippen molar-refractivity contribution in [3.05, 3.63) is 69.8 Å². The van der Waals surface area contributed by atoms with Crippen LogP contribution in [0.1, 0.15) is 34.6 Å². The van der Waals surface area contributed by atoms with E-state index in [9.17, 15) is 29.3 Å². The number of imide groups is 1. The Bertz CT molecular complexity index is 1050. The number of nitrogens with zero attached hydrogens (tertiary/aromatic N) is 2. The predicted octanol–water partition coefficient (Wildman–Crippen LogP) is 2.15. The van der Waals surface area contributed by atoms with E-state index in [4.69, 9.17) is 4.74 Å². The lowest BCUT2D eigenvalue weighted by molar-refractivity contribution is -0.385. The molecule has 0 unspecified atom stereocenters. The van der Waals surface area contributed by atoms with Crippen LogP contribution in [0.5, 0.6) is 0 Å². The first-order valence-corrected chi connectivity index (χ1v) is 8.94. The Hall–Kier alpha value is -4.08. The number of carbonyl (C=O) groups excluding carboxylic acids is 4. The lowest BCUT2D eigenvalue weighted by atomic mass is 10.1. The summed E-state index contributed by atoms with van der Waals surface area (Å²) in [6.45, 7) is 2.59. The van der Waals surface area contributed by atoms with Crippen LogP contribution in [0.3, 0.4) is 0 Å². The van der Waals surface area contributed by atoms with Crippen molar-refractivity contribution in [2.45, 2.75) is 26.0 Å². The van der Waals surface area contributed by atoms with Gasteiger partial charge in [0.2, 0.25) is 0 Å². The van der Waals surface area contributed by atoms with Crippen LogP contribution in [-0.4, -0.2) is 45.7 Å². The van der Waals surface area contributed by atoms with Gasteiger partial charge in [0, 0.05) is 11.8 Å². The molecule has 2 aromatic rings. The minimum atomic E-state index is -1.39. The Kier molecular flexibility index (Phi) is 5.58. The van der Waals surface area contributed by atoms with E-state index < -0.39 is 46.4 Å². The molecule has 1 heterocycles. The zero-order valence-electron chi connectivity index (χ0n) is 16.0. The summed E-state index contributed by atoms with van der Waals surface area (Å²) in [5, 5.41) is 13.7. The monoisotopic (exact) mass is 411 g/mol. The number of para-hydroxylation sites is 1. The van der Waals surface area contributed by atoms with Crippen molar-refractivity contribution < 1.29 is 28.8 Å². The molecule has 0 aromatic heterocycles. The summed E-state index contributed by atoms with van der Waals surface area (Å²) in [4.78, 5) is 60.9. The molecule has 0 saturated heterocycles. The van der Waals surface area contributed by atoms with Gasteiger partial charge in [-0.05, 0) is 32.0 Å². The number of nitrogens with one attached hydrogen (secondary N) is 1. The second kappa shape index (κ2) is 8.11. The van der Waals surface area contributed by atoms with E-state index in [1.54, 1.807) is 30.3 Å². The number of rotatable bonds is 6. The zero-order valence-corrected chi connectivity index (χ0v) is 16.0. The molecule has 30 heavy (non-hydrogen) atoms. The maximum Gasteiger partial charge on any atom is 0.329 e. The topological polar surface area (TPSA) is 136 Å². The third kappa shape index (κ3) is 3.75. The molecule has 0 bridgehead atoms. The average molecular weight is 411 g/mol. The molecule has 2 atom stereocenters. The average Bonchev–Trinajstić information content (AvgIpc) is 2.98. The fraction of sp³-hybridized carbons (Fsp3) is 0.200. The fourth-order valence-corrected chi connectivity index (χ4v) is 2.99. The molecule has 3 rings (SSSR count). The summed E-state index contributed by atoms with van der Waals surface area (Å²) in [5.41, 5.74) is -0.554. The maximum atomic E-state index is 12.7. The number of esters is 1. The van der Waals surface area contributed by atoms with Crippen molar-refractivity contribution in [3.63, 3.8) is 0 Å². The van der Waals surface area contributed by atoms with E-state index in [0.717, 1.165) is 6.07 Å². The SMILES string of the molecule is C[C@H](OC(=O)[C@H](C)N1C(=O)c2cccc([N+](=O)[O-])c2C1=O)C(=O)Nc1ccccc1. The first kappa shape index (κ1) is 20.6. The van der Waals surface area contributed by atoms with Gasteiger partial charge in [0.15, 0.2) is 6.10 Å². The molecule has 10 heteroatoms. The Balaban J connectivity index is 1.72. The van der Waals surface area contributed by atoms with Crippen molar-refractivity contribution in [1.29, 1.82) is 0 Å². The van der Waals surface area contributed by atoms with Gasteiger partial charge in [0.05, 0.1) is 10.5 Å². The maximum absolute atomic E-state index is 12.7. The molecule has 0 spiro atoms. The van der Waals surface area contributed by atoms with E-state index >= 15 is 0 Å². The zero-order chi connectivity index (χ0) is 22.0. The molecular formula is C20H17N3O7. The van der Waals surface area contributed by atoms with Crippen LogP contribution in [0.2, 0.25) is 0 Å². The molecule has 1 aliphatic heterocycles. The Morgan fingerprint density at radius 2 is 1.70 bits per heavy atom. The Morgan fingerprint density at radius 3 is 2.33 bits per heavy atom. The first-order valence-electron chi connectivity index (χ1n) is 8.94. The van der Waals surface area contributed by atoms with Gasteiger partial charge >= 0.3 is 5.97 Å². The number of carbonyl (C=O) groups is 4. The number of fused-ring (bicyclic) bond motifs is 1. The van der Waals surface area contributed by atoms with Crippen LogP contribution in [0.15, 0.2) is 48.5 Å². The molecular weight excluding hydrogens is 394 g/mol. The van der Waals surface area contributed by atoms with Gasteiger partial charge in [0.1, 0.15) is 11.6 Å². The number of hydrogen-bond acceptors (Lipinski definition) is 7. The van der Waals surface area contributed by atoms with Gasteiger partial charge in [-0.25, -0.2) is 4.79 Å². The minimum Gasteiger partial charge on any atom is -0.451 e. The summed E-state index contributed by atoms with van der Waals surface area (Å²) < 4.78 is 5.10. The molecule has 0 fully saturated rings. The smallest absolute Gasteiger partial charge is 0.329 e. The van der Waals surface area contributed by atoms with Crippen LogP contribution in [-0.2, 0) is 14.3 Å². The first-order chi connectivity index (χ1) is 14.2. The lowest BCUT2D eigenvalue weighted by Crippen LogP contribution is -2.45. The predicted molar refractivity (Wildman–Crippen MR) is 104 cm³/mol. The van der Waals surface area contributed by atoms with E-state index in [1.807, 2.05) is 0 Å². The van der Waals surface area contributed by atoms with E-state index in [2.05, 4.69) is 5.32 Å². The normalized spacial score (nSPS) is 14.7. The third-order valence-electron chi connectivity index (χ3n) is 4.55. The van der Waals surface area contributed by atoms with Gasteiger partial charge in [-0.2, -0.15) is 0 Å². The van der Waals surface area contributed by atoms with Gasteiger partial charge in [-0.1, -0.05) is 24.3 Å². The molecule has 0 saturated carbocycles. The van der Waals surface area contributed by atoms with Crippen molar-refractivity contribution in [2.24, 2.45) is 0 Å². The van der Waals surface area contributed by atoms with Gasteiger partial charge < -0.3 is 10.1 Å². The van der Waals surface area contributed by atoms with Crippen LogP contribution in [0.25, 0.3) is 0 Å². The van der Waals surface area contributed by atoms with Crippen LogP contribution in [0.4, 0.5) is 11.4 Å². The number of nitro groups is 1. The highest BCUT2D eigenvalue weighted by Crippen LogP contribution is 2.32. The lowest BCUT2D eigenvalue weighted by Gasteiger charge is -2.22. The highest BCUT2D eigenvalue weighted by molar-refractivity contribution is 6.24. The number of benzene rings is 2. The number of anilines is 1.